The van der Waals surface area contributed by atoms with E-state index < -0.39 is 0 Å². The van der Waals surface area contributed by atoms with Gasteiger partial charge in [0.2, 0.25) is 5.91 Å². The molecule has 0 saturated carbocycles. The van der Waals surface area contributed by atoms with Crippen molar-refractivity contribution in [3.8, 4) is 0 Å². The van der Waals surface area contributed by atoms with Crippen LogP contribution in [0.25, 0.3) is 10.9 Å². The molecule has 27 heavy (non-hydrogen) atoms. The highest BCUT2D eigenvalue weighted by Gasteiger charge is 2.49. The third kappa shape index (κ3) is 2.79. The van der Waals surface area contributed by atoms with E-state index >= 15 is 0 Å². The van der Waals surface area contributed by atoms with E-state index in [9.17, 15) is 9.90 Å². The average molecular weight is 370 g/mol. The van der Waals surface area contributed by atoms with Crippen LogP contribution in [0.3, 0.4) is 0 Å². The Morgan fingerprint density at radius 3 is 2.89 bits per heavy atom. The minimum Gasteiger partial charge on any atom is -0.394 e. The van der Waals surface area contributed by atoms with Gasteiger partial charge in [-0.05, 0) is 43.5 Å². The molecule has 4 atom stereocenters. The van der Waals surface area contributed by atoms with Crippen molar-refractivity contribution in [3.63, 3.8) is 0 Å². The molecular formula is C22H31N3O2. The quantitative estimate of drug-likeness (QED) is 0.869. The zero-order chi connectivity index (χ0) is 19.3. The Labute approximate surface area is 161 Å². The molecule has 4 rings (SSSR count). The number of hydrogen-bond acceptors (Lipinski definition) is 3. The average Bonchev–Trinajstić information content (AvgIpc) is 2.98. The number of hydrogen-bond donors (Lipinski definition) is 2. The number of fused-ring (bicyclic) bond motifs is 2. The molecule has 0 bridgehead atoms. The molecule has 1 aromatic carbocycles. The summed E-state index contributed by atoms with van der Waals surface area (Å²) in [5.74, 6) is 0.0193. The molecule has 1 aliphatic carbocycles. The van der Waals surface area contributed by atoms with Crippen LogP contribution in [0, 0.1) is 5.92 Å². The number of carbonyl (C=O) groups excluding carboxylic acids is 1. The lowest BCUT2D eigenvalue weighted by Crippen LogP contribution is -2.59. The fourth-order valence-electron chi connectivity index (χ4n) is 5.49. The molecule has 2 N–H and O–H groups in total. The van der Waals surface area contributed by atoms with Crippen molar-refractivity contribution in [1.82, 2.24) is 14.8 Å². The highest BCUT2D eigenvalue weighted by molar-refractivity contribution is 5.90. The van der Waals surface area contributed by atoms with Gasteiger partial charge in [0.05, 0.1) is 18.6 Å². The molecule has 146 valence electrons. The van der Waals surface area contributed by atoms with Gasteiger partial charge in [-0.3, -0.25) is 4.79 Å². The number of nitrogens with one attached hydrogen (secondary N) is 1. The number of aromatic nitrogens is 1. The third-order valence-electron chi connectivity index (χ3n) is 7.00. The summed E-state index contributed by atoms with van der Waals surface area (Å²) in [6.45, 7) is 5.09. The molecular weight excluding hydrogens is 338 g/mol. The van der Waals surface area contributed by atoms with Crippen molar-refractivity contribution in [2.45, 2.75) is 50.6 Å². The molecule has 0 radical (unpaired) electrons. The number of rotatable bonds is 4. The molecule has 1 saturated heterocycles. The second-order valence-corrected chi connectivity index (χ2v) is 8.74. The Balaban J connectivity index is 1.71. The maximum atomic E-state index is 12.9. The Morgan fingerprint density at radius 2 is 2.19 bits per heavy atom. The van der Waals surface area contributed by atoms with Gasteiger partial charge in [-0.15, -0.1) is 0 Å². The van der Waals surface area contributed by atoms with E-state index in [0.717, 1.165) is 25.8 Å². The van der Waals surface area contributed by atoms with Crippen LogP contribution in [0.5, 0.6) is 0 Å². The van der Waals surface area contributed by atoms with Crippen LogP contribution in [-0.4, -0.2) is 52.8 Å². The van der Waals surface area contributed by atoms with Crippen molar-refractivity contribution >= 4 is 16.8 Å². The van der Waals surface area contributed by atoms with Crippen LogP contribution >= 0.6 is 0 Å². The van der Waals surface area contributed by atoms with Gasteiger partial charge in [0, 0.05) is 42.1 Å². The van der Waals surface area contributed by atoms with Gasteiger partial charge >= 0.3 is 0 Å². The molecule has 5 nitrogen and oxygen atoms in total. The van der Waals surface area contributed by atoms with Gasteiger partial charge in [0.15, 0.2) is 0 Å². The monoisotopic (exact) mass is 369 g/mol. The number of likely N-dealkylation sites (tertiary alicyclic amines) is 1. The van der Waals surface area contributed by atoms with Crippen LogP contribution in [0.1, 0.15) is 37.8 Å². The Bertz CT molecular complexity index is 870. The van der Waals surface area contributed by atoms with E-state index in [1.165, 1.54) is 22.0 Å². The first-order valence-corrected chi connectivity index (χ1v) is 10.1. The molecule has 1 amide bonds. The summed E-state index contributed by atoms with van der Waals surface area (Å²) >= 11 is 0. The number of likely N-dealkylation sites (N-methyl/N-ethyl adjacent to an activating group) is 1. The zero-order valence-corrected chi connectivity index (χ0v) is 16.8. The first kappa shape index (κ1) is 18.5. The topological polar surface area (TPSA) is 57.5 Å². The van der Waals surface area contributed by atoms with E-state index in [1.807, 2.05) is 6.92 Å². The minimum absolute atomic E-state index is 0.00260. The van der Waals surface area contributed by atoms with Crippen LogP contribution < -0.4 is 5.32 Å². The van der Waals surface area contributed by atoms with Crippen molar-refractivity contribution in [1.29, 1.82) is 0 Å². The van der Waals surface area contributed by atoms with Crippen molar-refractivity contribution in [2.75, 3.05) is 20.2 Å². The second kappa shape index (κ2) is 6.64. The van der Waals surface area contributed by atoms with Crippen LogP contribution in [-0.2, 0) is 23.7 Å². The van der Waals surface area contributed by atoms with Gasteiger partial charge in [0.25, 0.3) is 0 Å². The molecule has 1 aromatic heterocycles. The Hall–Kier alpha value is -1.85. The number of aliphatic hydroxyl groups excluding tert-OH is 1. The molecule has 1 aliphatic heterocycles. The van der Waals surface area contributed by atoms with Gasteiger partial charge in [-0.1, -0.05) is 26.0 Å². The molecule has 4 unspecified atom stereocenters. The first-order valence-electron chi connectivity index (χ1n) is 10.1. The van der Waals surface area contributed by atoms with E-state index in [0.29, 0.717) is 6.04 Å². The SMILES string of the molecule is CCC(CO)NC(=O)C1CN(C)C2Cc3cn(C)c4cccc(c34)C2(C)C1. The lowest BCUT2D eigenvalue weighted by molar-refractivity contribution is -0.129. The van der Waals surface area contributed by atoms with E-state index in [2.05, 4.69) is 60.2 Å². The van der Waals surface area contributed by atoms with E-state index in [1.54, 1.807) is 0 Å². The number of aliphatic hydroxyl groups is 1. The van der Waals surface area contributed by atoms with Crippen LogP contribution in [0.2, 0.25) is 0 Å². The minimum atomic E-state index is -0.149. The summed E-state index contributed by atoms with van der Waals surface area (Å²) in [6.07, 6.45) is 4.90. The Morgan fingerprint density at radius 1 is 1.41 bits per heavy atom. The molecule has 1 fully saturated rings. The number of nitrogens with zero attached hydrogens (tertiary/aromatic N) is 2. The lowest BCUT2D eigenvalue weighted by atomic mass is 9.62. The lowest BCUT2D eigenvalue weighted by Gasteiger charge is -2.52. The predicted octanol–water partition coefficient (Wildman–Crippen LogP) is 2.20. The number of aryl methyl sites for hydroxylation is 1. The van der Waals surface area contributed by atoms with E-state index in [-0.39, 0.29) is 29.9 Å². The highest BCUT2D eigenvalue weighted by atomic mass is 16.3. The number of benzene rings is 1. The normalized spacial score (nSPS) is 28.8. The van der Waals surface area contributed by atoms with Crippen molar-refractivity contribution in [2.24, 2.45) is 13.0 Å². The number of piperidine rings is 1. The summed E-state index contributed by atoms with van der Waals surface area (Å²) in [6, 6.07) is 6.85. The summed E-state index contributed by atoms with van der Waals surface area (Å²) in [5.41, 5.74) is 4.03. The van der Waals surface area contributed by atoms with Gasteiger partial charge < -0.3 is 19.9 Å². The van der Waals surface area contributed by atoms with Crippen LogP contribution in [0.4, 0.5) is 0 Å². The third-order valence-corrected chi connectivity index (χ3v) is 7.00. The van der Waals surface area contributed by atoms with Gasteiger partial charge in [-0.2, -0.15) is 0 Å². The first-order chi connectivity index (χ1) is 12.9. The Kier molecular flexibility index (Phi) is 4.55. The van der Waals surface area contributed by atoms with Crippen LogP contribution in [0.15, 0.2) is 24.4 Å². The van der Waals surface area contributed by atoms with Gasteiger partial charge in [-0.25, -0.2) is 0 Å². The molecule has 2 aromatic rings. The second-order valence-electron chi connectivity index (χ2n) is 8.74. The highest BCUT2D eigenvalue weighted by Crippen LogP contribution is 2.48. The maximum Gasteiger partial charge on any atom is 0.224 e. The maximum absolute atomic E-state index is 12.9. The fraction of sp³-hybridized carbons (Fsp3) is 0.591. The number of amides is 1. The summed E-state index contributed by atoms with van der Waals surface area (Å²) in [5, 5.41) is 13.9. The van der Waals surface area contributed by atoms with Gasteiger partial charge in [0.1, 0.15) is 0 Å². The molecule has 5 heteroatoms. The summed E-state index contributed by atoms with van der Waals surface area (Å²) < 4.78 is 2.23. The summed E-state index contributed by atoms with van der Waals surface area (Å²) in [4.78, 5) is 15.3. The predicted molar refractivity (Wildman–Crippen MR) is 108 cm³/mol. The van der Waals surface area contributed by atoms with Crippen molar-refractivity contribution < 1.29 is 9.90 Å². The van der Waals surface area contributed by atoms with Crippen molar-refractivity contribution in [3.05, 3.63) is 35.5 Å². The molecule has 2 heterocycles. The summed E-state index contributed by atoms with van der Waals surface area (Å²) in [7, 11) is 4.27. The van der Waals surface area contributed by atoms with E-state index in [4.69, 9.17) is 0 Å². The largest absolute Gasteiger partial charge is 0.394 e. The molecule has 2 aliphatic rings. The zero-order valence-electron chi connectivity index (χ0n) is 16.8. The fourth-order valence-corrected chi connectivity index (χ4v) is 5.49. The molecule has 0 spiro atoms. The standard InChI is InChI=1S/C22H31N3O2/c1-5-16(13-26)23-21(27)15-10-22(2)17-7-6-8-18-20(17)14(11-24(18)3)9-19(22)25(4)12-15/h6-8,11,15-16,19,26H,5,9-10,12-13H2,1-4H3,(H,23,27). The number of carbonyl (C=O) groups is 1. The smallest absolute Gasteiger partial charge is 0.224 e.